The van der Waals surface area contributed by atoms with Crippen molar-refractivity contribution in [1.29, 1.82) is 0 Å². The van der Waals surface area contributed by atoms with E-state index in [4.69, 9.17) is 4.74 Å². The first-order valence-electron chi connectivity index (χ1n) is 4.68. The summed E-state index contributed by atoms with van der Waals surface area (Å²) < 4.78 is 19.5. The van der Waals surface area contributed by atoms with E-state index < -0.39 is 5.82 Å². The minimum atomic E-state index is -0.393. The molecule has 1 heterocycles. The van der Waals surface area contributed by atoms with E-state index in [1.807, 2.05) is 6.07 Å². The summed E-state index contributed by atoms with van der Waals surface area (Å²) in [6.07, 6.45) is 0. The molecular weight excluding hydrogens is 273 g/mol. The Kier molecular flexibility index (Phi) is 3.19. The van der Waals surface area contributed by atoms with Gasteiger partial charge in [-0.3, -0.25) is 0 Å². The molecule has 0 aliphatic carbocycles. The van der Waals surface area contributed by atoms with Gasteiger partial charge < -0.3 is 4.74 Å². The average Bonchev–Trinajstić information content (AvgIpc) is 2.29. The first kappa shape index (κ1) is 11.1. The number of nitrogens with zero attached hydrogens (tertiary/aromatic N) is 1. The smallest absolute Gasteiger partial charge is 0.174 e. The van der Waals surface area contributed by atoms with Gasteiger partial charge in [-0.05, 0) is 40.2 Å². The first-order valence-corrected chi connectivity index (χ1v) is 5.47. The molecular formula is C12H9BrFNO. The van der Waals surface area contributed by atoms with Gasteiger partial charge in [0.25, 0.3) is 0 Å². The van der Waals surface area contributed by atoms with E-state index in [0.29, 0.717) is 15.9 Å². The third-order valence-corrected chi connectivity index (χ3v) is 2.62. The van der Waals surface area contributed by atoms with Crippen LogP contribution in [0.1, 0.15) is 0 Å². The normalized spacial score (nSPS) is 10.2. The molecule has 0 spiro atoms. The van der Waals surface area contributed by atoms with Crippen molar-refractivity contribution in [3.63, 3.8) is 0 Å². The Morgan fingerprint density at radius 3 is 2.62 bits per heavy atom. The maximum absolute atomic E-state index is 13.9. The van der Waals surface area contributed by atoms with Crippen molar-refractivity contribution >= 4 is 15.9 Å². The van der Waals surface area contributed by atoms with Gasteiger partial charge in [-0.1, -0.05) is 12.1 Å². The molecule has 0 unspecified atom stereocenters. The quantitative estimate of drug-likeness (QED) is 0.784. The van der Waals surface area contributed by atoms with Gasteiger partial charge >= 0.3 is 0 Å². The molecule has 0 N–H and O–H groups in total. The summed E-state index contributed by atoms with van der Waals surface area (Å²) in [6, 6.07) is 10.3. The van der Waals surface area contributed by atoms with Crippen LogP contribution in [0.2, 0.25) is 0 Å². The van der Waals surface area contributed by atoms with Gasteiger partial charge in [-0.2, -0.15) is 0 Å². The summed E-state index contributed by atoms with van der Waals surface area (Å²) in [5.41, 5.74) is 1.01. The molecule has 0 saturated carbocycles. The number of methoxy groups -OCH3 is 1. The number of ether oxygens (including phenoxy) is 1. The van der Waals surface area contributed by atoms with Crippen LogP contribution in [0.3, 0.4) is 0 Å². The highest BCUT2D eigenvalue weighted by molar-refractivity contribution is 9.10. The van der Waals surface area contributed by atoms with E-state index >= 15 is 0 Å². The van der Waals surface area contributed by atoms with E-state index in [9.17, 15) is 4.39 Å². The molecule has 0 aliphatic rings. The molecule has 0 bridgehead atoms. The number of benzene rings is 1. The Hall–Kier alpha value is -1.42. The van der Waals surface area contributed by atoms with Gasteiger partial charge in [0.05, 0.1) is 12.8 Å². The molecule has 0 fully saturated rings. The lowest BCUT2D eigenvalue weighted by molar-refractivity contribution is 0.387. The van der Waals surface area contributed by atoms with Gasteiger partial charge in [0.1, 0.15) is 4.60 Å². The monoisotopic (exact) mass is 281 g/mol. The van der Waals surface area contributed by atoms with Crippen molar-refractivity contribution in [2.75, 3.05) is 7.11 Å². The highest BCUT2D eigenvalue weighted by Crippen LogP contribution is 2.28. The fraction of sp³-hybridized carbons (Fsp3) is 0.0833. The zero-order valence-electron chi connectivity index (χ0n) is 8.58. The average molecular weight is 282 g/mol. The number of rotatable bonds is 2. The number of hydrogen-bond donors (Lipinski definition) is 0. The van der Waals surface area contributed by atoms with Crippen molar-refractivity contribution in [3.05, 3.63) is 46.8 Å². The Balaban J connectivity index is 2.56. The molecule has 1 aromatic carbocycles. The van der Waals surface area contributed by atoms with Gasteiger partial charge in [-0.15, -0.1) is 0 Å². The van der Waals surface area contributed by atoms with Crippen molar-refractivity contribution < 1.29 is 9.13 Å². The van der Waals surface area contributed by atoms with E-state index in [0.717, 1.165) is 0 Å². The second-order valence-electron chi connectivity index (χ2n) is 3.17. The Bertz CT molecular complexity index is 516. The Morgan fingerprint density at radius 2 is 1.94 bits per heavy atom. The van der Waals surface area contributed by atoms with Crippen LogP contribution >= 0.6 is 15.9 Å². The van der Waals surface area contributed by atoms with Gasteiger partial charge in [0.15, 0.2) is 11.6 Å². The van der Waals surface area contributed by atoms with Crippen molar-refractivity contribution in [2.45, 2.75) is 0 Å². The van der Waals surface area contributed by atoms with Crippen LogP contribution in [0.15, 0.2) is 41.0 Å². The largest absolute Gasteiger partial charge is 0.494 e. The lowest BCUT2D eigenvalue weighted by atomic mass is 10.1. The minimum Gasteiger partial charge on any atom is -0.494 e. The van der Waals surface area contributed by atoms with Crippen LogP contribution in [-0.4, -0.2) is 12.1 Å². The standard InChI is InChI=1S/C12H9BrFNO/c1-16-10-6-2-4-8(12(10)14)9-5-3-7-11(13)15-9/h2-7H,1H3. The predicted octanol–water partition coefficient (Wildman–Crippen LogP) is 3.66. The third kappa shape index (κ3) is 2.07. The molecule has 2 rings (SSSR count). The van der Waals surface area contributed by atoms with Crippen LogP contribution in [-0.2, 0) is 0 Å². The molecule has 2 nitrogen and oxygen atoms in total. The number of hydrogen-bond acceptors (Lipinski definition) is 2. The maximum atomic E-state index is 13.9. The molecule has 0 amide bonds. The minimum absolute atomic E-state index is 0.222. The summed E-state index contributed by atoms with van der Waals surface area (Å²) in [5.74, 6) is -0.171. The molecule has 0 radical (unpaired) electrons. The zero-order chi connectivity index (χ0) is 11.5. The predicted molar refractivity (Wildman–Crippen MR) is 63.9 cm³/mol. The van der Waals surface area contributed by atoms with Crippen molar-refractivity contribution in [3.8, 4) is 17.0 Å². The second-order valence-corrected chi connectivity index (χ2v) is 3.98. The fourth-order valence-electron chi connectivity index (χ4n) is 1.42. The summed E-state index contributed by atoms with van der Waals surface area (Å²) in [4.78, 5) is 4.20. The highest BCUT2D eigenvalue weighted by atomic mass is 79.9. The topological polar surface area (TPSA) is 22.1 Å². The van der Waals surface area contributed by atoms with Gasteiger partial charge in [0, 0.05) is 5.56 Å². The lowest BCUT2D eigenvalue weighted by Crippen LogP contribution is -1.92. The summed E-state index contributed by atoms with van der Waals surface area (Å²) in [7, 11) is 1.44. The van der Waals surface area contributed by atoms with Crippen LogP contribution in [0, 0.1) is 5.82 Å². The van der Waals surface area contributed by atoms with Crippen molar-refractivity contribution in [2.24, 2.45) is 0 Å². The van der Waals surface area contributed by atoms with E-state index in [-0.39, 0.29) is 5.75 Å². The Morgan fingerprint density at radius 1 is 1.19 bits per heavy atom. The fourth-order valence-corrected chi connectivity index (χ4v) is 1.77. The number of pyridine rings is 1. The molecule has 0 saturated heterocycles. The second kappa shape index (κ2) is 4.61. The molecule has 82 valence electrons. The summed E-state index contributed by atoms with van der Waals surface area (Å²) in [6.45, 7) is 0. The van der Waals surface area contributed by atoms with E-state index in [1.165, 1.54) is 7.11 Å². The maximum Gasteiger partial charge on any atom is 0.174 e. The van der Waals surface area contributed by atoms with Crippen LogP contribution in [0.5, 0.6) is 5.75 Å². The highest BCUT2D eigenvalue weighted by Gasteiger charge is 2.11. The van der Waals surface area contributed by atoms with Crippen molar-refractivity contribution in [1.82, 2.24) is 4.98 Å². The van der Waals surface area contributed by atoms with Gasteiger partial charge in [0.2, 0.25) is 0 Å². The molecule has 0 aliphatic heterocycles. The van der Waals surface area contributed by atoms with Crippen LogP contribution < -0.4 is 4.74 Å². The number of halogens is 2. The third-order valence-electron chi connectivity index (χ3n) is 2.17. The molecule has 1 aromatic heterocycles. The van der Waals surface area contributed by atoms with E-state index in [2.05, 4.69) is 20.9 Å². The van der Waals surface area contributed by atoms with E-state index in [1.54, 1.807) is 30.3 Å². The number of aromatic nitrogens is 1. The molecule has 16 heavy (non-hydrogen) atoms. The molecule has 0 atom stereocenters. The lowest BCUT2D eigenvalue weighted by Gasteiger charge is -2.06. The summed E-state index contributed by atoms with van der Waals surface area (Å²) >= 11 is 3.25. The molecule has 2 aromatic rings. The first-order chi connectivity index (χ1) is 7.72. The zero-order valence-corrected chi connectivity index (χ0v) is 10.2. The summed E-state index contributed by atoms with van der Waals surface area (Å²) in [5, 5.41) is 0. The van der Waals surface area contributed by atoms with Gasteiger partial charge in [-0.25, -0.2) is 9.37 Å². The molecule has 4 heteroatoms. The van der Waals surface area contributed by atoms with Crippen LogP contribution in [0.4, 0.5) is 4.39 Å². The Labute approximate surface area is 101 Å². The SMILES string of the molecule is COc1cccc(-c2cccc(Br)n2)c1F. The van der Waals surface area contributed by atoms with Crippen LogP contribution in [0.25, 0.3) is 11.3 Å².